The molecule has 1 spiro atoms. The summed E-state index contributed by atoms with van der Waals surface area (Å²) < 4.78 is 11.9. The highest BCUT2D eigenvalue weighted by Gasteiger charge is 2.43. The Kier molecular flexibility index (Phi) is 6.60. The number of guanidine groups is 1. The van der Waals surface area contributed by atoms with Gasteiger partial charge in [0.25, 0.3) is 0 Å². The first-order valence-electron chi connectivity index (χ1n) is 11.2. The molecular weight excluding hydrogens is 364 g/mol. The number of hydrogen-bond acceptors (Lipinski definition) is 4. The maximum Gasteiger partial charge on any atom is 0.191 e. The zero-order chi connectivity index (χ0) is 20.1. The normalized spacial score (nSPS) is 25.3. The van der Waals surface area contributed by atoms with E-state index in [0.717, 1.165) is 70.4 Å². The van der Waals surface area contributed by atoms with E-state index in [2.05, 4.69) is 51.7 Å². The van der Waals surface area contributed by atoms with Gasteiger partial charge < -0.3 is 20.1 Å². The molecule has 29 heavy (non-hydrogen) atoms. The van der Waals surface area contributed by atoms with Crippen molar-refractivity contribution in [3.63, 3.8) is 0 Å². The summed E-state index contributed by atoms with van der Waals surface area (Å²) in [6, 6.07) is 8.71. The van der Waals surface area contributed by atoms with Crippen LogP contribution >= 0.6 is 0 Å². The molecule has 0 bridgehead atoms. The lowest BCUT2D eigenvalue weighted by Gasteiger charge is -2.40. The van der Waals surface area contributed by atoms with Crippen LogP contribution in [0.1, 0.15) is 50.6 Å². The van der Waals surface area contributed by atoms with Crippen molar-refractivity contribution in [2.75, 3.05) is 46.4 Å². The van der Waals surface area contributed by atoms with Crippen molar-refractivity contribution in [2.45, 2.75) is 50.7 Å². The number of morpholine rings is 1. The molecule has 0 aromatic heterocycles. The number of benzene rings is 1. The summed E-state index contributed by atoms with van der Waals surface area (Å²) in [4.78, 5) is 7.00. The number of aliphatic imine (C=N–C) groups is 1. The Morgan fingerprint density at radius 1 is 1.24 bits per heavy atom. The molecule has 0 amide bonds. The lowest BCUT2D eigenvalue weighted by Crippen LogP contribution is -2.48. The summed E-state index contributed by atoms with van der Waals surface area (Å²) >= 11 is 0. The first kappa shape index (κ1) is 20.5. The Bertz CT molecular complexity index is 696. The van der Waals surface area contributed by atoms with Crippen molar-refractivity contribution < 1.29 is 9.47 Å². The second-order valence-corrected chi connectivity index (χ2v) is 8.90. The third kappa shape index (κ3) is 5.04. The van der Waals surface area contributed by atoms with Gasteiger partial charge in [-0.05, 0) is 37.7 Å². The van der Waals surface area contributed by atoms with Crippen LogP contribution in [0.3, 0.4) is 0 Å². The fraction of sp³-hybridized carbons (Fsp3) is 0.696. The molecule has 2 fully saturated rings. The number of para-hydroxylation sites is 1. The summed E-state index contributed by atoms with van der Waals surface area (Å²) in [6.07, 6.45) is 5.85. The van der Waals surface area contributed by atoms with Crippen molar-refractivity contribution >= 4 is 5.96 Å². The van der Waals surface area contributed by atoms with Gasteiger partial charge in [-0.1, -0.05) is 25.1 Å². The minimum Gasteiger partial charge on any atom is -0.487 e. The number of rotatable bonds is 5. The van der Waals surface area contributed by atoms with Crippen molar-refractivity contribution in [1.29, 1.82) is 0 Å². The molecule has 1 aromatic carbocycles. The van der Waals surface area contributed by atoms with Crippen molar-refractivity contribution in [1.82, 2.24) is 15.5 Å². The number of ether oxygens (including phenoxy) is 2. The topological polar surface area (TPSA) is 58.1 Å². The van der Waals surface area contributed by atoms with Crippen LogP contribution in [0.2, 0.25) is 0 Å². The van der Waals surface area contributed by atoms with Crippen LogP contribution in [0.4, 0.5) is 0 Å². The van der Waals surface area contributed by atoms with Crippen LogP contribution in [0.25, 0.3) is 0 Å². The average molecular weight is 401 g/mol. The lowest BCUT2D eigenvalue weighted by atomic mass is 9.86. The highest BCUT2D eigenvalue weighted by molar-refractivity contribution is 5.80. The molecule has 4 rings (SSSR count). The molecule has 2 atom stereocenters. The highest BCUT2D eigenvalue weighted by atomic mass is 16.5. The van der Waals surface area contributed by atoms with Gasteiger partial charge in [0.1, 0.15) is 11.4 Å². The monoisotopic (exact) mass is 400 g/mol. The molecule has 0 radical (unpaired) electrons. The molecule has 2 heterocycles. The van der Waals surface area contributed by atoms with Crippen molar-refractivity contribution in [3.05, 3.63) is 29.8 Å². The molecule has 3 aliphatic rings. The zero-order valence-corrected chi connectivity index (χ0v) is 18.0. The average Bonchev–Trinajstić information content (AvgIpc) is 3.19. The van der Waals surface area contributed by atoms with Gasteiger partial charge in [-0.2, -0.15) is 0 Å². The molecule has 1 saturated carbocycles. The summed E-state index contributed by atoms with van der Waals surface area (Å²) in [5.41, 5.74) is 1.24. The lowest BCUT2D eigenvalue weighted by molar-refractivity contribution is 0.0319. The summed E-state index contributed by atoms with van der Waals surface area (Å²) in [6.45, 7) is 8.09. The van der Waals surface area contributed by atoms with E-state index in [1.165, 1.54) is 18.4 Å². The third-order valence-electron chi connectivity index (χ3n) is 6.54. The van der Waals surface area contributed by atoms with E-state index >= 15 is 0 Å². The predicted octanol–water partition coefficient (Wildman–Crippen LogP) is 2.96. The Labute approximate surface area is 175 Å². The number of nitrogens with zero attached hydrogens (tertiary/aromatic N) is 2. The van der Waals surface area contributed by atoms with Crippen molar-refractivity contribution in [3.8, 4) is 5.75 Å². The van der Waals surface area contributed by atoms with Gasteiger partial charge in [0, 0.05) is 45.2 Å². The van der Waals surface area contributed by atoms with E-state index in [1.54, 1.807) is 0 Å². The predicted molar refractivity (Wildman–Crippen MR) is 117 cm³/mol. The fourth-order valence-electron chi connectivity index (χ4n) is 4.99. The summed E-state index contributed by atoms with van der Waals surface area (Å²) in [5.74, 6) is 2.47. The van der Waals surface area contributed by atoms with Gasteiger partial charge in [-0.15, -0.1) is 0 Å². The largest absolute Gasteiger partial charge is 0.487 e. The van der Waals surface area contributed by atoms with Gasteiger partial charge in [0.2, 0.25) is 0 Å². The Morgan fingerprint density at radius 2 is 2.00 bits per heavy atom. The minimum atomic E-state index is -0.00546. The quantitative estimate of drug-likeness (QED) is 0.588. The molecule has 1 aromatic rings. The fourth-order valence-corrected chi connectivity index (χ4v) is 4.99. The van der Waals surface area contributed by atoms with Gasteiger partial charge in [-0.25, -0.2) is 0 Å². The molecule has 6 heteroatoms. The molecule has 2 unspecified atom stereocenters. The zero-order valence-electron chi connectivity index (χ0n) is 18.0. The van der Waals surface area contributed by atoms with E-state index in [9.17, 15) is 0 Å². The molecular formula is C23H36N4O2. The van der Waals surface area contributed by atoms with Crippen LogP contribution in [0.15, 0.2) is 29.3 Å². The van der Waals surface area contributed by atoms with Gasteiger partial charge in [-0.3, -0.25) is 9.89 Å². The van der Waals surface area contributed by atoms with Crippen LogP contribution in [0.5, 0.6) is 5.75 Å². The van der Waals surface area contributed by atoms with Crippen LogP contribution in [-0.2, 0) is 4.74 Å². The Balaban J connectivity index is 1.36. The number of nitrogens with one attached hydrogen (secondary N) is 2. The smallest absolute Gasteiger partial charge is 0.191 e. The molecule has 2 N–H and O–H groups in total. The Morgan fingerprint density at radius 3 is 2.76 bits per heavy atom. The second kappa shape index (κ2) is 9.35. The first-order chi connectivity index (χ1) is 14.2. The Hall–Kier alpha value is -1.79. The van der Waals surface area contributed by atoms with Gasteiger partial charge >= 0.3 is 0 Å². The molecule has 2 aliphatic heterocycles. The highest BCUT2D eigenvalue weighted by Crippen LogP contribution is 2.46. The molecule has 1 aliphatic carbocycles. The van der Waals surface area contributed by atoms with Crippen molar-refractivity contribution in [2.24, 2.45) is 10.9 Å². The maximum atomic E-state index is 6.49. The van der Waals surface area contributed by atoms with Crippen LogP contribution in [0, 0.1) is 5.92 Å². The number of hydrogen-bond donors (Lipinski definition) is 2. The van der Waals surface area contributed by atoms with E-state index in [-0.39, 0.29) is 11.6 Å². The second-order valence-electron chi connectivity index (χ2n) is 8.90. The van der Waals surface area contributed by atoms with E-state index in [0.29, 0.717) is 5.92 Å². The third-order valence-corrected chi connectivity index (χ3v) is 6.54. The molecule has 1 saturated heterocycles. The molecule has 6 nitrogen and oxygen atoms in total. The van der Waals surface area contributed by atoms with Crippen LogP contribution in [-0.4, -0.2) is 62.9 Å². The van der Waals surface area contributed by atoms with E-state index in [4.69, 9.17) is 9.47 Å². The maximum absolute atomic E-state index is 6.49. The molecule has 160 valence electrons. The van der Waals surface area contributed by atoms with E-state index in [1.807, 2.05) is 7.05 Å². The first-order valence-corrected chi connectivity index (χ1v) is 11.2. The minimum absolute atomic E-state index is 0.00546. The van der Waals surface area contributed by atoms with Crippen LogP contribution < -0.4 is 15.4 Å². The van der Waals surface area contributed by atoms with Gasteiger partial charge in [0.05, 0.1) is 19.3 Å². The number of fused-ring (bicyclic) bond motifs is 1. The van der Waals surface area contributed by atoms with Gasteiger partial charge in [0.15, 0.2) is 5.96 Å². The standard InChI is InChI=1S/C23H36N4O2/c1-18(17-27-11-13-28-14-12-27)16-25-22(24-2)26-20-15-23(9-5-6-10-23)29-21-8-4-3-7-19(20)21/h3-4,7-8,18,20H,5-6,9-17H2,1-2H3,(H2,24,25,26). The summed E-state index contributed by atoms with van der Waals surface area (Å²) in [7, 11) is 1.86. The van der Waals surface area contributed by atoms with E-state index < -0.39 is 0 Å². The summed E-state index contributed by atoms with van der Waals surface area (Å²) in [5, 5.41) is 7.25. The SMILES string of the molecule is CN=C(NCC(C)CN1CCOCC1)NC1CC2(CCCC2)Oc2ccccc21.